The summed E-state index contributed by atoms with van der Waals surface area (Å²) < 4.78 is 28.9. The Bertz CT molecular complexity index is 751. The highest BCUT2D eigenvalue weighted by atomic mass is 32.2. The minimum Gasteiger partial charge on any atom is -0.497 e. The predicted octanol–water partition coefficient (Wildman–Crippen LogP) is 1.62. The van der Waals surface area contributed by atoms with E-state index in [4.69, 9.17) is 4.74 Å². The van der Waals surface area contributed by atoms with Gasteiger partial charge in [0.25, 0.3) is 0 Å². The molecule has 0 saturated carbocycles. The van der Waals surface area contributed by atoms with E-state index in [0.29, 0.717) is 23.4 Å². The molecule has 0 fully saturated rings. The van der Waals surface area contributed by atoms with E-state index < -0.39 is 9.84 Å². The molecule has 1 unspecified atom stereocenters. The standard InChI is InChI=1S/C15H18N2O4S/c1-10-8-15(18)17-16-13(10)7-5-11-4-6-12(21-2)9-14(11)22(3,19)20/h4-7,9-10H,8H2,1-3H3,(H,17,18). The van der Waals surface area contributed by atoms with Crippen molar-refractivity contribution < 1.29 is 17.9 Å². The van der Waals surface area contributed by atoms with Crippen molar-refractivity contribution in [3.8, 4) is 5.75 Å². The van der Waals surface area contributed by atoms with Gasteiger partial charge in [0.15, 0.2) is 9.84 Å². The lowest BCUT2D eigenvalue weighted by Gasteiger charge is -2.16. The average Bonchev–Trinajstić information content (AvgIpc) is 2.45. The lowest BCUT2D eigenvalue weighted by molar-refractivity contribution is -0.121. The number of benzene rings is 1. The monoisotopic (exact) mass is 322 g/mol. The van der Waals surface area contributed by atoms with Crippen LogP contribution in [0.2, 0.25) is 0 Å². The van der Waals surface area contributed by atoms with Gasteiger partial charge in [0.1, 0.15) is 5.75 Å². The topological polar surface area (TPSA) is 84.8 Å². The maximum Gasteiger partial charge on any atom is 0.240 e. The SMILES string of the molecule is COc1ccc(C=CC2=NNC(=O)CC2C)c(S(C)(=O)=O)c1. The maximum atomic E-state index is 11.9. The lowest BCUT2D eigenvalue weighted by Crippen LogP contribution is -2.30. The molecule has 0 aliphatic carbocycles. The summed E-state index contributed by atoms with van der Waals surface area (Å²) in [5, 5.41) is 3.99. The molecular formula is C15H18N2O4S. The van der Waals surface area contributed by atoms with E-state index in [1.165, 1.54) is 13.2 Å². The zero-order valence-electron chi connectivity index (χ0n) is 12.7. The van der Waals surface area contributed by atoms with Gasteiger partial charge in [-0.1, -0.05) is 13.0 Å². The molecule has 1 aliphatic heterocycles. The Morgan fingerprint density at radius 1 is 1.36 bits per heavy atom. The Balaban J connectivity index is 2.37. The minimum atomic E-state index is -3.38. The number of allylic oxidation sites excluding steroid dienone is 1. The number of sulfone groups is 1. The second kappa shape index (κ2) is 6.31. The Kier molecular flexibility index (Phi) is 4.65. The molecule has 0 bridgehead atoms. The van der Waals surface area contributed by atoms with Gasteiger partial charge >= 0.3 is 0 Å². The van der Waals surface area contributed by atoms with Crippen LogP contribution in [0.1, 0.15) is 18.9 Å². The number of methoxy groups -OCH3 is 1. The first-order chi connectivity index (χ1) is 10.3. The van der Waals surface area contributed by atoms with Gasteiger partial charge in [-0.25, -0.2) is 13.8 Å². The molecule has 1 aromatic carbocycles. The van der Waals surface area contributed by atoms with Crippen molar-refractivity contribution >= 4 is 27.5 Å². The maximum absolute atomic E-state index is 11.9. The molecule has 1 atom stereocenters. The van der Waals surface area contributed by atoms with Crippen LogP contribution in [0.3, 0.4) is 0 Å². The van der Waals surface area contributed by atoms with E-state index in [1.54, 1.807) is 24.3 Å². The van der Waals surface area contributed by atoms with Crippen LogP contribution in [0.5, 0.6) is 5.75 Å². The first-order valence-corrected chi connectivity index (χ1v) is 8.63. The van der Waals surface area contributed by atoms with E-state index >= 15 is 0 Å². The fraction of sp³-hybridized carbons (Fsp3) is 0.333. The van der Waals surface area contributed by atoms with Crippen LogP contribution in [-0.2, 0) is 14.6 Å². The zero-order chi connectivity index (χ0) is 16.3. The van der Waals surface area contributed by atoms with Crippen molar-refractivity contribution in [3.63, 3.8) is 0 Å². The Morgan fingerprint density at radius 3 is 2.68 bits per heavy atom. The number of hydrazone groups is 1. The molecule has 118 valence electrons. The molecule has 0 radical (unpaired) electrons. The zero-order valence-corrected chi connectivity index (χ0v) is 13.5. The van der Waals surface area contributed by atoms with E-state index in [-0.39, 0.29) is 16.7 Å². The van der Waals surface area contributed by atoms with Crippen LogP contribution in [0.15, 0.2) is 34.3 Å². The summed E-state index contributed by atoms with van der Waals surface area (Å²) in [5.41, 5.74) is 3.68. The fourth-order valence-corrected chi connectivity index (χ4v) is 3.04. The van der Waals surface area contributed by atoms with Crippen LogP contribution in [0.4, 0.5) is 0 Å². The van der Waals surface area contributed by atoms with Crippen LogP contribution in [-0.4, -0.2) is 33.4 Å². The number of carbonyl (C=O) groups is 1. The first kappa shape index (κ1) is 16.2. The number of ether oxygens (including phenoxy) is 1. The van der Waals surface area contributed by atoms with Crippen LogP contribution in [0.25, 0.3) is 6.08 Å². The van der Waals surface area contributed by atoms with Gasteiger partial charge < -0.3 is 4.74 Å². The molecule has 0 aromatic heterocycles. The molecular weight excluding hydrogens is 304 g/mol. The van der Waals surface area contributed by atoms with Crippen molar-refractivity contribution in [2.24, 2.45) is 11.0 Å². The molecule has 6 nitrogen and oxygen atoms in total. The van der Waals surface area contributed by atoms with E-state index in [1.807, 2.05) is 6.92 Å². The molecule has 22 heavy (non-hydrogen) atoms. The fourth-order valence-electron chi connectivity index (χ4n) is 2.14. The van der Waals surface area contributed by atoms with Gasteiger partial charge in [-0.3, -0.25) is 4.79 Å². The van der Waals surface area contributed by atoms with Gasteiger partial charge in [0.05, 0.1) is 17.7 Å². The highest BCUT2D eigenvalue weighted by molar-refractivity contribution is 7.90. The van der Waals surface area contributed by atoms with E-state index in [9.17, 15) is 13.2 Å². The van der Waals surface area contributed by atoms with Gasteiger partial charge in [0.2, 0.25) is 5.91 Å². The number of rotatable bonds is 4. The van der Waals surface area contributed by atoms with Crippen molar-refractivity contribution in [1.82, 2.24) is 5.43 Å². The van der Waals surface area contributed by atoms with Gasteiger partial charge in [-0.15, -0.1) is 0 Å². The van der Waals surface area contributed by atoms with Crippen molar-refractivity contribution in [1.29, 1.82) is 0 Å². The van der Waals surface area contributed by atoms with Crippen LogP contribution >= 0.6 is 0 Å². The largest absolute Gasteiger partial charge is 0.497 e. The predicted molar refractivity (Wildman–Crippen MR) is 84.5 cm³/mol. The third-order valence-electron chi connectivity index (χ3n) is 3.36. The number of amides is 1. The van der Waals surface area contributed by atoms with Crippen LogP contribution < -0.4 is 10.2 Å². The summed E-state index contributed by atoms with van der Waals surface area (Å²) in [6.45, 7) is 1.90. The number of hydrogen-bond acceptors (Lipinski definition) is 5. The molecule has 7 heteroatoms. The molecule has 1 aliphatic rings. The first-order valence-electron chi connectivity index (χ1n) is 6.74. The molecule has 1 heterocycles. The Labute approximate surface area is 129 Å². The minimum absolute atomic E-state index is 0.00932. The highest BCUT2D eigenvalue weighted by Crippen LogP contribution is 2.24. The number of nitrogens with one attached hydrogen (secondary N) is 1. The average molecular weight is 322 g/mol. The van der Waals surface area contributed by atoms with Crippen LogP contribution in [0, 0.1) is 5.92 Å². The summed E-state index contributed by atoms with van der Waals surface area (Å²) in [5.74, 6) is 0.351. The third kappa shape index (κ3) is 3.73. The Hall–Kier alpha value is -2.15. The smallest absolute Gasteiger partial charge is 0.240 e. The second-order valence-corrected chi connectivity index (χ2v) is 7.17. The van der Waals surface area contributed by atoms with Gasteiger partial charge in [-0.2, -0.15) is 5.10 Å². The van der Waals surface area contributed by atoms with Gasteiger partial charge in [0, 0.05) is 18.6 Å². The van der Waals surface area contributed by atoms with E-state index in [0.717, 1.165) is 6.26 Å². The molecule has 1 aromatic rings. The quantitative estimate of drug-likeness (QED) is 0.913. The van der Waals surface area contributed by atoms with E-state index in [2.05, 4.69) is 10.5 Å². The normalized spacial score (nSPS) is 19.0. The summed E-state index contributed by atoms with van der Waals surface area (Å²) in [7, 11) is -1.90. The Morgan fingerprint density at radius 2 is 2.09 bits per heavy atom. The summed E-state index contributed by atoms with van der Waals surface area (Å²) in [6, 6.07) is 4.86. The molecule has 1 amide bonds. The summed E-state index contributed by atoms with van der Waals surface area (Å²) >= 11 is 0. The molecule has 0 saturated heterocycles. The summed E-state index contributed by atoms with van der Waals surface area (Å²) in [6.07, 6.45) is 4.92. The molecule has 2 rings (SSSR count). The van der Waals surface area contributed by atoms with Crippen molar-refractivity contribution in [2.45, 2.75) is 18.2 Å². The van der Waals surface area contributed by atoms with Crippen molar-refractivity contribution in [2.75, 3.05) is 13.4 Å². The summed E-state index contributed by atoms with van der Waals surface area (Å²) in [4.78, 5) is 11.4. The third-order valence-corrected chi connectivity index (χ3v) is 4.51. The lowest BCUT2D eigenvalue weighted by atomic mass is 9.99. The second-order valence-electron chi connectivity index (χ2n) is 5.19. The molecule has 0 spiro atoms. The highest BCUT2D eigenvalue weighted by Gasteiger charge is 2.18. The number of carbonyl (C=O) groups excluding carboxylic acids is 1. The van der Waals surface area contributed by atoms with Crippen molar-refractivity contribution in [3.05, 3.63) is 29.8 Å². The number of nitrogens with zero attached hydrogens (tertiary/aromatic N) is 1. The van der Waals surface area contributed by atoms with Gasteiger partial charge in [-0.05, 0) is 29.8 Å². The molecule has 1 N–H and O–H groups in total. The number of hydrogen-bond donors (Lipinski definition) is 1.